The van der Waals surface area contributed by atoms with Crippen LogP contribution in [0, 0.1) is 10.1 Å². The maximum Gasteiger partial charge on any atom is 0.363 e. The van der Waals surface area contributed by atoms with Crippen LogP contribution < -0.4 is 0 Å². The lowest BCUT2D eigenvalue weighted by atomic mass is 10.2. The smallest absolute Gasteiger partial charge is 0.363 e. The fourth-order valence-corrected chi connectivity index (χ4v) is 2.01. The molecule has 1 aliphatic heterocycles. The van der Waals surface area contributed by atoms with Crippen molar-refractivity contribution in [2.24, 2.45) is 4.99 Å². The maximum absolute atomic E-state index is 11.8. The van der Waals surface area contributed by atoms with E-state index in [1.807, 2.05) is 0 Å². The van der Waals surface area contributed by atoms with Crippen molar-refractivity contribution >= 4 is 35.2 Å². The zero-order valence-corrected chi connectivity index (χ0v) is 11.6. The van der Waals surface area contributed by atoms with E-state index in [0.29, 0.717) is 5.76 Å². The molecule has 0 atom stereocenters. The molecule has 7 nitrogen and oxygen atoms in total. The van der Waals surface area contributed by atoms with Crippen molar-refractivity contribution in [3.8, 4) is 0 Å². The summed E-state index contributed by atoms with van der Waals surface area (Å²) in [6.07, 6.45) is 2.87. The highest BCUT2D eigenvalue weighted by Crippen LogP contribution is 2.27. The van der Waals surface area contributed by atoms with E-state index in [0.717, 1.165) is 0 Å². The van der Waals surface area contributed by atoms with E-state index in [-0.39, 0.29) is 27.9 Å². The van der Waals surface area contributed by atoms with Crippen LogP contribution in [0.4, 0.5) is 5.69 Å². The van der Waals surface area contributed by atoms with Gasteiger partial charge in [-0.25, -0.2) is 9.79 Å². The first-order valence-electron chi connectivity index (χ1n) is 6.05. The molecule has 22 heavy (non-hydrogen) atoms. The lowest BCUT2D eigenvalue weighted by molar-refractivity contribution is -0.384. The fraction of sp³-hybridized carbons (Fsp3) is 0. The summed E-state index contributed by atoms with van der Waals surface area (Å²) >= 11 is 5.74. The standard InChI is InChI=1S/C14H7ClN2O5/c15-10-4-3-8(6-12(10)17(19)20)13-16-11(14(18)22-13)7-9-2-1-5-21-9/h1-7H/b11-7+. The SMILES string of the molecule is O=C1OC(c2ccc(Cl)c([N+](=O)[O-])c2)=N/C1=C/c1ccco1. The van der Waals surface area contributed by atoms with E-state index >= 15 is 0 Å². The van der Waals surface area contributed by atoms with Crippen LogP contribution in [0.2, 0.25) is 5.02 Å². The topological polar surface area (TPSA) is 94.9 Å². The molecule has 0 saturated carbocycles. The molecule has 1 aliphatic rings. The van der Waals surface area contributed by atoms with E-state index in [4.69, 9.17) is 20.8 Å². The molecule has 0 fully saturated rings. The molecule has 1 aromatic heterocycles. The van der Waals surface area contributed by atoms with E-state index in [1.165, 1.54) is 30.5 Å². The number of esters is 1. The third-order valence-electron chi connectivity index (χ3n) is 2.83. The number of hydrogen-bond acceptors (Lipinski definition) is 6. The number of carbonyl (C=O) groups is 1. The Morgan fingerprint density at radius 2 is 2.14 bits per heavy atom. The normalized spacial score (nSPS) is 15.8. The fourth-order valence-electron chi connectivity index (χ4n) is 1.83. The Morgan fingerprint density at radius 1 is 1.32 bits per heavy atom. The highest BCUT2D eigenvalue weighted by molar-refractivity contribution is 6.32. The Hall–Kier alpha value is -2.93. The third-order valence-corrected chi connectivity index (χ3v) is 3.15. The highest BCUT2D eigenvalue weighted by Gasteiger charge is 2.26. The van der Waals surface area contributed by atoms with E-state index in [9.17, 15) is 14.9 Å². The van der Waals surface area contributed by atoms with Gasteiger partial charge in [0.1, 0.15) is 10.8 Å². The van der Waals surface area contributed by atoms with Crippen LogP contribution in [-0.4, -0.2) is 16.8 Å². The number of benzene rings is 1. The number of nitro groups is 1. The molecule has 3 rings (SSSR count). The van der Waals surface area contributed by atoms with Gasteiger partial charge in [-0.1, -0.05) is 11.6 Å². The van der Waals surface area contributed by atoms with Gasteiger partial charge >= 0.3 is 5.97 Å². The number of halogens is 1. The number of furan rings is 1. The van der Waals surface area contributed by atoms with Gasteiger partial charge < -0.3 is 9.15 Å². The third kappa shape index (κ3) is 2.61. The molecule has 0 saturated heterocycles. The number of aliphatic imine (C=N–C) groups is 1. The molecular weight excluding hydrogens is 312 g/mol. The molecule has 0 N–H and O–H groups in total. The van der Waals surface area contributed by atoms with Gasteiger partial charge in [-0.3, -0.25) is 10.1 Å². The molecule has 2 aromatic rings. The highest BCUT2D eigenvalue weighted by atomic mass is 35.5. The van der Waals surface area contributed by atoms with Gasteiger partial charge in [0.05, 0.1) is 11.2 Å². The van der Waals surface area contributed by atoms with E-state index in [2.05, 4.69) is 4.99 Å². The summed E-state index contributed by atoms with van der Waals surface area (Å²) in [7, 11) is 0. The number of ether oxygens (including phenoxy) is 1. The number of carbonyl (C=O) groups excluding carboxylic acids is 1. The predicted molar refractivity (Wildman–Crippen MR) is 77.4 cm³/mol. The zero-order chi connectivity index (χ0) is 15.7. The molecule has 0 amide bonds. The van der Waals surface area contributed by atoms with Crippen molar-refractivity contribution < 1.29 is 18.9 Å². The van der Waals surface area contributed by atoms with Crippen molar-refractivity contribution in [2.75, 3.05) is 0 Å². The molecule has 0 bridgehead atoms. The Labute approximate surface area is 128 Å². The van der Waals surface area contributed by atoms with Gasteiger partial charge in [0, 0.05) is 17.7 Å². The van der Waals surface area contributed by atoms with Crippen LogP contribution >= 0.6 is 11.6 Å². The van der Waals surface area contributed by atoms with Gasteiger partial charge in [0.2, 0.25) is 5.90 Å². The average molecular weight is 319 g/mol. The molecule has 110 valence electrons. The second kappa shape index (κ2) is 5.45. The van der Waals surface area contributed by atoms with Gasteiger partial charge in [-0.05, 0) is 24.3 Å². The summed E-state index contributed by atoms with van der Waals surface area (Å²) in [5.74, 6) is -0.245. The maximum atomic E-state index is 11.8. The first-order valence-corrected chi connectivity index (χ1v) is 6.43. The summed E-state index contributed by atoms with van der Waals surface area (Å²) in [6.45, 7) is 0. The van der Waals surface area contributed by atoms with Gasteiger partial charge in [-0.15, -0.1) is 0 Å². The number of cyclic esters (lactones) is 1. The minimum absolute atomic E-state index is 0.00924. The number of nitrogens with zero attached hydrogens (tertiary/aromatic N) is 2. The van der Waals surface area contributed by atoms with Gasteiger partial charge in [0.15, 0.2) is 5.70 Å². The van der Waals surface area contributed by atoms with Gasteiger partial charge in [-0.2, -0.15) is 0 Å². The van der Waals surface area contributed by atoms with E-state index in [1.54, 1.807) is 12.1 Å². The van der Waals surface area contributed by atoms with Crippen LogP contribution in [0.5, 0.6) is 0 Å². The Kier molecular flexibility index (Phi) is 3.48. The van der Waals surface area contributed by atoms with Crippen LogP contribution in [0.15, 0.2) is 51.7 Å². The van der Waals surface area contributed by atoms with Crippen LogP contribution in [-0.2, 0) is 9.53 Å². The first kappa shape index (κ1) is 14.0. The van der Waals surface area contributed by atoms with Crippen molar-refractivity contribution in [1.29, 1.82) is 0 Å². The van der Waals surface area contributed by atoms with Crippen molar-refractivity contribution in [3.05, 3.63) is 68.8 Å². The molecule has 0 radical (unpaired) electrons. The quantitative estimate of drug-likeness (QED) is 0.375. The summed E-state index contributed by atoms with van der Waals surface area (Å²) in [6, 6.07) is 7.35. The summed E-state index contributed by atoms with van der Waals surface area (Å²) in [5, 5.41) is 10.9. The molecule has 8 heteroatoms. The Balaban J connectivity index is 1.98. The Morgan fingerprint density at radius 3 is 2.82 bits per heavy atom. The number of hydrogen-bond donors (Lipinski definition) is 0. The Bertz CT molecular complexity index is 824. The van der Waals surface area contributed by atoms with Crippen molar-refractivity contribution in [1.82, 2.24) is 0 Å². The van der Waals surface area contributed by atoms with Crippen molar-refractivity contribution in [3.63, 3.8) is 0 Å². The predicted octanol–water partition coefficient (Wildman–Crippen LogP) is 3.19. The first-order chi connectivity index (χ1) is 10.5. The average Bonchev–Trinajstić information content (AvgIpc) is 3.10. The van der Waals surface area contributed by atoms with Crippen LogP contribution in [0.25, 0.3) is 6.08 Å². The van der Waals surface area contributed by atoms with Gasteiger partial charge in [0.25, 0.3) is 5.69 Å². The summed E-state index contributed by atoms with van der Waals surface area (Å²) in [5.41, 5.74) is 0.0382. The van der Waals surface area contributed by atoms with E-state index < -0.39 is 10.9 Å². The van der Waals surface area contributed by atoms with Crippen molar-refractivity contribution in [2.45, 2.75) is 0 Å². The second-order valence-electron chi connectivity index (χ2n) is 4.27. The van der Waals surface area contributed by atoms with Crippen LogP contribution in [0.1, 0.15) is 11.3 Å². The lowest BCUT2D eigenvalue weighted by Gasteiger charge is -2.00. The second-order valence-corrected chi connectivity index (χ2v) is 4.68. The molecule has 1 aromatic carbocycles. The number of nitro benzene ring substituents is 1. The number of rotatable bonds is 3. The van der Waals surface area contributed by atoms with Crippen LogP contribution in [0.3, 0.4) is 0 Å². The zero-order valence-electron chi connectivity index (χ0n) is 10.9. The molecular formula is C14H7ClN2O5. The molecule has 2 heterocycles. The summed E-state index contributed by atoms with van der Waals surface area (Å²) < 4.78 is 10.1. The summed E-state index contributed by atoms with van der Waals surface area (Å²) in [4.78, 5) is 26.0. The molecule has 0 unspecified atom stereocenters. The molecule has 0 spiro atoms. The molecule has 0 aliphatic carbocycles. The lowest BCUT2D eigenvalue weighted by Crippen LogP contribution is -2.06. The minimum atomic E-state index is -0.663. The minimum Gasteiger partial charge on any atom is -0.465 e. The monoisotopic (exact) mass is 318 g/mol. The largest absolute Gasteiger partial charge is 0.465 e.